The average Bonchev–Trinajstić information content (AvgIpc) is 2.97. The van der Waals surface area contributed by atoms with Gasteiger partial charge in [0, 0.05) is 24.3 Å². The molecule has 0 aliphatic carbocycles. The number of nitrogens with zero attached hydrogens (tertiary/aromatic N) is 2. The molecule has 0 amide bonds. The first-order chi connectivity index (χ1) is 14.4. The van der Waals surface area contributed by atoms with E-state index in [2.05, 4.69) is 14.9 Å². The number of ether oxygens (including phenoxy) is 1. The summed E-state index contributed by atoms with van der Waals surface area (Å²) in [6.45, 7) is 1.73. The molecule has 2 heterocycles. The van der Waals surface area contributed by atoms with Gasteiger partial charge >= 0.3 is 12.1 Å². The summed E-state index contributed by atoms with van der Waals surface area (Å²) in [6.07, 6.45) is -0.0917. The average molecular weight is 417 g/mol. The minimum Gasteiger partial charge on any atom is -0.465 e. The summed E-state index contributed by atoms with van der Waals surface area (Å²) in [6, 6.07) is 8.83. The molecule has 1 N–H and O–H groups in total. The van der Waals surface area contributed by atoms with Crippen LogP contribution in [-0.2, 0) is 10.9 Å². The molecule has 0 spiro atoms. The Balaban J connectivity index is 1.87. The van der Waals surface area contributed by atoms with E-state index in [1.54, 1.807) is 6.07 Å². The second kappa shape index (κ2) is 8.01. The lowest BCUT2D eigenvalue weighted by Gasteiger charge is -2.23. The standard InChI is InChI=1S/C22H22F3N3O2/c1-30-21(29)16-12-14(28-10-6-2-3-7-11-28)13-18-19(16)27-20(26-18)15-8-4-5-9-17(15)22(23,24)25/h4-5,8-9,12-13H,2-3,6-7,10-11H2,1H3,(H,26,27). The molecule has 0 bridgehead atoms. The Bertz CT molecular complexity index is 1070. The zero-order valence-electron chi connectivity index (χ0n) is 16.6. The molecule has 1 aliphatic rings. The maximum atomic E-state index is 13.5. The van der Waals surface area contributed by atoms with Crippen LogP contribution in [0.4, 0.5) is 18.9 Å². The molecule has 158 valence electrons. The molecule has 2 aromatic carbocycles. The number of imidazole rings is 1. The van der Waals surface area contributed by atoms with Gasteiger partial charge in [-0.1, -0.05) is 31.0 Å². The summed E-state index contributed by atoms with van der Waals surface area (Å²) < 4.78 is 45.3. The number of nitrogens with one attached hydrogen (secondary N) is 1. The molecule has 3 aromatic rings. The van der Waals surface area contributed by atoms with E-state index in [9.17, 15) is 18.0 Å². The number of aromatic nitrogens is 2. The van der Waals surface area contributed by atoms with E-state index < -0.39 is 17.7 Å². The van der Waals surface area contributed by atoms with Gasteiger partial charge in [0.25, 0.3) is 0 Å². The lowest BCUT2D eigenvalue weighted by atomic mass is 10.1. The van der Waals surface area contributed by atoms with Crippen molar-refractivity contribution in [3.63, 3.8) is 0 Å². The monoisotopic (exact) mass is 417 g/mol. The number of methoxy groups -OCH3 is 1. The highest BCUT2D eigenvalue weighted by Gasteiger charge is 2.34. The fourth-order valence-corrected chi connectivity index (χ4v) is 3.94. The maximum Gasteiger partial charge on any atom is 0.417 e. The van der Waals surface area contributed by atoms with Crippen LogP contribution < -0.4 is 4.90 Å². The van der Waals surface area contributed by atoms with E-state index in [-0.39, 0.29) is 17.0 Å². The van der Waals surface area contributed by atoms with Crippen LogP contribution in [0, 0.1) is 0 Å². The number of alkyl halides is 3. The normalized spacial score (nSPS) is 15.3. The Labute approximate surface area is 171 Å². The molecule has 0 atom stereocenters. The zero-order chi connectivity index (χ0) is 21.3. The molecule has 4 rings (SSSR count). The molecule has 0 saturated carbocycles. The Kier molecular flexibility index (Phi) is 5.40. The van der Waals surface area contributed by atoms with Crippen LogP contribution in [0.1, 0.15) is 41.6 Å². The van der Waals surface area contributed by atoms with Gasteiger partial charge in [0.15, 0.2) is 0 Å². The van der Waals surface area contributed by atoms with Crippen molar-refractivity contribution < 1.29 is 22.7 Å². The third-order valence-corrected chi connectivity index (χ3v) is 5.44. The fourth-order valence-electron chi connectivity index (χ4n) is 3.94. The highest BCUT2D eigenvalue weighted by Crippen LogP contribution is 2.37. The highest BCUT2D eigenvalue weighted by molar-refractivity contribution is 6.04. The number of rotatable bonds is 3. The number of anilines is 1. The number of H-pyrrole nitrogens is 1. The van der Waals surface area contributed by atoms with Gasteiger partial charge in [-0.25, -0.2) is 9.78 Å². The van der Waals surface area contributed by atoms with Crippen LogP contribution >= 0.6 is 0 Å². The first kappa shape index (κ1) is 20.3. The van der Waals surface area contributed by atoms with Crippen molar-refractivity contribution in [2.24, 2.45) is 0 Å². The highest BCUT2D eigenvalue weighted by atomic mass is 19.4. The summed E-state index contributed by atoms with van der Waals surface area (Å²) in [5, 5.41) is 0. The molecular formula is C22H22F3N3O2. The van der Waals surface area contributed by atoms with Crippen molar-refractivity contribution >= 4 is 22.7 Å². The predicted molar refractivity (Wildman–Crippen MR) is 109 cm³/mol. The first-order valence-electron chi connectivity index (χ1n) is 9.92. The third kappa shape index (κ3) is 3.86. The van der Waals surface area contributed by atoms with Crippen LogP contribution in [-0.4, -0.2) is 36.1 Å². The third-order valence-electron chi connectivity index (χ3n) is 5.44. The van der Waals surface area contributed by atoms with Gasteiger partial charge in [0.2, 0.25) is 0 Å². The van der Waals surface area contributed by atoms with Crippen LogP contribution in [0.2, 0.25) is 0 Å². The van der Waals surface area contributed by atoms with Crippen molar-refractivity contribution in [1.82, 2.24) is 9.97 Å². The van der Waals surface area contributed by atoms with Crippen molar-refractivity contribution in [2.75, 3.05) is 25.1 Å². The number of halogens is 3. The van der Waals surface area contributed by atoms with E-state index in [4.69, 9.17) is 4.74 Å². The number of carbonyl (C=O) groups excluding carboxylic acids is 1. The van der Waals surface area contributed by atoms with Gasteiger partial charge < -0.3 is 14.6 Å². The molecule has 8 heteroatoms. The number of aromatic amines is 1. The van der Waals surface area contributed by atoms with Crippen LogP contribution in [0.15, 0.2) is 36.4 Å². The Morgan fingerprint density at radius 2 is 1.80 bits per heavy atom. The van der Waals surface area contributed by atoms with Crippen LogP contribution in [0.3, 0.4) is 0 Å². The van der Waals surface area contributed by atoms with Crippen molar-refractivity contribution in [1.29, 1.82) is 0 Å². The molecule has 0 radical (unpaired) electrons. The van der Waals surface area contributed by atoms with Gasteiger partial charge in [0.05, 0.1) is 23.8 Å². The minimum atomic E-state index is -4.52. The van der Waals surface area contributed by atoms with Crippen LogP contribution in [0.5, 0.6) is 0 Å². The van der Waals surface area contributed by atoms with E-state index in [0.29, 0.717) is 11.0 Å². The summed E-state index contributed by atoms with van der Waals surface area (Å²) in [5.41, 5.74) is 1.03. The molecule has 1 fully saturated rings. The maximum absolute atomic E-state index is 13.5. The minimum absolute atomic E-state index is 0.0617. The van der Waals surface area contributed by atoms with Crippen molar-refractivity contribution in [3.05, 3.63) is 47.5 Å². The molecular weight excluding hydrogens is 395 g/mol. The van der Waals surface area contributed by atoms with E-state index in [1.165, 1.54) is 25.3 Å². The second-order valence-corrected chi connectivity index (χ2v) is 7.41. The molecule has 5 nitrogen and oxygen atoms in total. The van der Waals surface area contributed by atoms with Gasteiger partial charge in [0.1, 0.15) is 11.3 Å². The smallest absolute Gasteiger partial charge is 0.417 e. The van der Waals surface area contributed by atoms with E-state index in [1.807, 2.05) is 6.07 Å². The second-order valence-electron chi connectivity index (χ2n) is 7.41. The SMILES string of the molecule is COC(=O)c1cc(N2CCCCCC2)cc2[nH]c(-c3ccccc3C(F)(F)F)nc12. The summed E-state index contributed by atoms with van der Waals surface area (Å²) in [5.74, 6) is -0.505. The van der Waals surface area contributed by atoms with E-state index >= 15 is 0 Å². The van der Waals surface area contributed by atoms with Crippen LogP contribution in [0.25, 0.3) is 22.4 Å². The molecule has 1 aromatic heterocycles. The Morgan fingerprint density at radius 1 is 1.10 bits per heavy atom. The molecule has 30 heavy (non-hydrogen) atoms. The molecule has 0 unspecified atom stereocenters. The van der Waals surface area contributed by atoms with Gasteiger partial charge in [-0.15, -0.1) is 0 Å². The number of carbonyl (C=O) groups is 1. The number of benzene rings is 2. The number of hydrogen-bond acceptors (Lipinski definition) is 4. The quantitative estimate of drug-likeness (QED) is 0.579. The molecule has 1 aliphatic heterocycles. The molecule has 1 saturated heterocycles. The fraction of sp³-hybridized carbons (Fsp3) is 0.364. The Morgan fingerprint density at radius 3 is 2.47 bits per heavy atom. The van der Waals surface area contributed by atoms with Gasteiger partial charge in [-0.05, 0) is 31.0 Å². The Hall–Kier alpha value is -3.03. The largest absolute Gasteiger partial charge is 0.465 e. The predicted octanol–water partition coefficient (Wildman–Crippen LogP) is 5.42. The van der Waals surface area contributed by atoms with Crippen molar-refractivity contribution in [3.8, 4) is 11.4 Å². The van der Waals surface area contributed by atoms with Gasteiger partial charge in [-0.2, -0.15) is 13.2 Å². The lowest BCUT2D eigenvalue weighted by molar-refractivity contribution is -0.137. The topological polar surface area (TPSA) is 58.2 Å². The lowest BCUT2D eigenvalue weighted by Crippen LogP contribution is -2.24. The number of fused-ring (bicyclic) bond motifs is 1. The number of esters is 1. The number of hydrogen-bond donors (Lipinski definition) is 1. The first-order valence-corrected chi connectivity index (χ1v) is 9.92. The van der Waals surface area contributed by atoms with Gasteiger partial charge in [-0.3, -0.25) is 0 Å². The van der Waals surface area contributed by atoms with E-state index in [0.717, 1.165) is 50.5 Å². The summed E-state index contributed by atoms with van der Waals surface area (Å²) in [7, 11) is 1.28. The summed E-state index contributed by atoms with van der Waals surface area (Å²) >= 11 is 0. The van der Waals surface area contributed by atoms with Crippen molar-refractivity contribution in [2.45, 2.75) is 31.9 Å². The summed E-state index contributed by atoms with van der Waals surface area (Å²) in [4.78, 5) is 22.0. The zero-order valence-corrected chi connectivity index (χ0v) is 16.6.